The van der Waals surface area contributed by atoms with Crippen LogP contribution in [0.3, 0.4) is 0 Å². The Kier molecular flexibility index (Phi) is 5.56. The first-order chi connectivity index (χ1) is 9.93. The van der Waals surface area contributed by atoms with Crippen molar-refractivity contribution >= 4 is 17.3 Å². The van der Waals surface area contributed by atoms with E-state index in [0.717, 1.165) is 24.7 Å². The van der Waals surface area contributed by atoms with E-state index in [2.05, 4.69) is 56.1 Å². The third-order valence-corrected chi connectivity index (χ3v) is 4.99. The minimum absolute atomic E-state index is 0.305. The average Bonchev–Trinajstić information content (AvgIpc) is 2.60. The summed E-state index contributed by atoms with van der Waals surface area (Å²) in [4.78, 5) is 2.49. The largest absolute Gasteiger partial charge is 0.371 e. The Hall–Kier alpha value is -0.730. The van der Waals surface area contributed by atoms with Crippen molar-refractivity contribution in [3.8, 4) is 0 Å². The van der Waals surface area contributed by atoms with Gasteiger partial charge in [-0.3, -0.25) is 0 Å². The molecule has 1 heterocycles. The number of nitrogens with one attached hydrogen (secondary N) is 1. The van der Waals surface area contributed by atoms with E-state index in [1.807, 2.05) is 0 Å². The van der Waals surface area contributed by atoms with Gasteiger partial charge in [-0.15, -0.1) is 0 Å². The summed E-state index contributed by atoms with van der Waals surface area (Å²) in [6.07, 6.45) is 3.83. The molecule has 1 aliphatic rings. The fourth-order valence-corrected chi connectivity index (χ4v) is 3.50. The summed E-state index contributed by atoms with van der Waals surface area (Å²) in [7, 11) is 0. The zero-order valence-corrected chi connectivity index (χ0v) is 14.6. The summed E-state index contributed by atoms with van der Waals surface area (Å²) >= 11 is 6.51. The molecule has 1 atom stereocenters. The predicted molar refractivity (Wildman–Crippen MR) is 93.4 cm³/mol. The third kappa shape index (κ3) is 4.37. The molecule has 2 nitrogen and oxygen atoms in total. The summed E-state index contributed by atoms with van der Waals surface area (Å²) in [5.41, 5.74) is 2.93. The molecule has 0 aliphatic carbocycles. The van der Waals surface area contributed by atoms with E-state index in [1.165, 1.54) is 30.5 Å². The molecule has 3 heteroatoms. The Balaban J connectivity index is 2.12. The topological polar surface area (TPSA) is 15.3 Å². The van der Waals surface area contributed by atoms with Crippen molar-refractivity contribution in [1.82, 2.24) is 5.32 Å². The lowest BCUT2D eigenvalue weighted by Gasteiger charge is -2.26. The van der Waals surface area contributed by atoms with E-state index in [0.29, 0.717) is 11.5 Å². The smallest absolute Gasteiger partial charge is 0.0474 e. The molecule has 1 N–H and O–H groups in total. The second-order valence-corrected chi connectivity index (χ2v) is 7.40. The maximum atomic E-state index is 6.51. The van der Waals surface area contributed by atoms with Crippen LogP contribution >= 0.6 is 11.6 Å². The van der Waals surface area contributed by atoms with Crippen LogP contribution in [0, 0.1) is 5.41 Å². The highest BCUT2D eigenvalue weighted by molar-refractivity contribution is 6.31. The van der Waals surface area contributed by atoms with Gasteiger partial charge in [0.1, 0.15) is 0 Å². The number of hydrogen-bond acceptors (Lipinski definition) is 2. The molecule has 0 radical (unpaired) electrons. The van der Waals surface area contributed by atoms with Crippen LogP contribution in [0.15, 0.2) is 18.2 Å². The van der Waals surface area contributed by atoms with Crippen LogP contribution in [0.4, 0.5) is 5.69 Å². The van der Waals surface area contributed by atoms with Crippen LogP contribution < -0.4 is 10.2 Å². The molecule has 1 aromatic rings. The number of hydrogen-bond donors (Lipinski definition) is 1. The summed E-state index contributed by atoms with van der Waals surface area (Å²) in [6, 6.07) is 6.86. The Bertz CT molecular complexity index is 470. The molecule has 1 aliphatic heterocycles. The predicted octanol–water partition coefficient (Wildman–Crippen LogP) is 5.03. The zero-order valence-electron chi connectivity index (χ0n) is 13.9. The standard InChI is InChI=1S/C18H29ClN2/c1-5-20-14(2)16-8-7-15(13-17(16)19)21-11-6-9-18(3,4)10-12-21/h7-8,13-14,20H,5-6,9-12H2,1-4H3. The van der Waals surface area contributed by atoms with Gasteiger partial charge in [0, 0.05) is 29.8 Å². The zero-order chi connectivity index (χ0) is 15.5. The first-order valence-electron chi connectivity index (χ1n) is 8.21. The van der Waals surface area contributed by atoms with Crippen LogP contribution in [0.2, 0.25) is 5.02 Å². The van der Waals surface area contributed by atoms with E-state index < -0.39 is 0 Å². The van der Waals surface area contributed by atoms with E-state index in [9.17, 15) is 0 Å². The molecule has 118 valence electrons. The van der Waals surface area contributed by atoms with Gasteiger partial charge in [-0.2, -0.15) is 0 Å². The van der Waals surface area contributed by atoms with Crippen LogP contribution in [0.5, 0.6) is 0 Å². The van der Waals surface area contributed by atoms with E-state index in [-0.39, 0.29) is 0 Å². The molecule has 1 aromatic carbocycles. The van der Waals surface area contributed by atoms with Gasteiger partial charge in [-0.05, 0) is 55.8 Å². The van der Waals surface area contributed by atoms with Crippen molar-refractivity contribution in [3.63, 3.8) is 0 Å². The lowest BCUT2D eigenvalue weighted by molar-refractivity contribution is 0.325. The van der Waals surface area contributed by atoms with Gasteiger partial charge >= 0.3 is 0 Å². The molecule has 1 saturated heterocycles. The molecular weight excluding hydrogens is 280 g/mol. The molecule has 0 saturated carbocycles. The van der Waals surface area contributed by atoms with Crippen molar-refractivity contribution in [2.24, 2.45) is 5.41 Å². The molecule has 0 spiro atoms. The molecule has 1 fully saturated rings. The maximum Gasteiger partial charge on any atom is 0.0474 e. The minimum atomic E-state index is 0.305. The number of rotatable bonds is 4. The fraction of sp³-hybridized carbons (Fsp3) is 0.667. The van der Waals surface area contributed by atoms with Crippen molar-refractivity contribution in [2.45, 2.75) is 53.0 Å². The van der Waals surface area contributed by atoms with Crippen LogP contribution in [0.25, 0.3) is 0 Å². The van der Waals surface area contributed by atoms with Crippen LogP contribution in [0.1, 0.15) is 58.6 Å². The van der Waals surface area contributed by atoms with Crippen molar-refractivity contribution < 1.29 is 0 Å². The second-order valence-electron chi connectivity index (χ2n) is 6.99. The number of anilines is 1. The third-order valence-electron chi connectivity index (χ3n) is 4.67. The quantitative estimate of drug-likeness (QED) is 0.839. The van der Waals surface area contributed by atoms with E-state index in [4.69, 9.17) is 11.6 Å². The first kappa shape index (κ1) is 16.6. The van der Waals surface area contributed by atoms with E-state index in [1.54, 1.807) is 0 Å². The van der Waals surface area contributed by atoms with Gasteiger partial charge in [-0.1, -0.05) is 38.4 Å². The molecule has 2 rings (SSSR count). The highest BCUT2D eigenvalue weighted by Crippen LogP contribution is 2.33. The Morgan fingerprint density at radius 2 is 2.05 bits per heavy atom. The van der Waals surface area contributed by atoms with Gasteiger partial charge < -0.3 is 10.2 Å². The highest BCUT2D eigenvalue weighted by Gasteiger charge is 2.23. The number of benzene rings is 1. The van der Waals surface area contributed by atoms with Crippen molar-refractivity contribution in [2.75, 3.05) is 24.5 Å². The summed E-state index contributed by atoms with van der Waals surface area (Å²) in [5.74, 6) is 0. The Labute approximate surface area is 134 Å². The normalized spacial score (nSPS) is 20.1. The summed E-state index contributed by atoms with van der Waals surface area (Å²) in [5, 5.41) is 4.30. The van der Waals surface area contributed by atoms with Crippen LogP contribution in [-0.4, -0.2) is 19.6 Å². The monoisotopic (exact) mass is 308 g/mol. The maximum absolute atomic E-state index is 6.51. The lowest BCUT2D eigenvalue weighted by atomic mass is 9.85. The van der Waals surface area contributed by atoms with Crippen LogP contribution in [-0.2, 0) is 0 Å². The second kappa shape index (κ2) is 7.02. The van der Waals surface area contributed by atoms with Crippen molar-refractivity contribution in [3.05, 3.63) is 28.8 Å². The molecule has 0 amide bonds. The molecule has 1 unspecified atom stereocenters. The summed E-state index contributed by atoms with van der Waals surface area (Å²) < 4.78 is 0. The highest BCUT2D eigenvalue weighted by atomic mass is 35.5. The van der Waals surface area contributed by atoms with Gasteiger partial charge in [0.25, 0.3) is 0 Å². The molecule has 0 bridgehead atoms. The summed E-state index contributed by atoms with van der Waals surface area (Å²) in [6.45, 7) is 12.3. The molecular formula is C18H29ClN2. The SMILES string of the molecule is CCNC(C)c1ccc(N2CCCC(C)(C)CC2)cc1Cl. The lowest BCUT2D eigenvalue weighted by Crippen LogP contribution is -2.25. The Morgan fingerprint density at radius 3 is 2.71 bits per heavy atom. The van der Waals surface area contributed by atoms with Gasteiger partial charge in [0.05, 0.1) is 0 Å². The van der Waals surface area contributed by atoms with Gasteiger partial charge in [0.2, 0.25) is 0 Å². The van der Waals surface area contributed by atoms with Gasteiger partial charge in [-0.25, -0.2) is 0 Å². The number of halogens is 1. The number of nitrogens with zero attached hydrogens (tertiary/aromatic N) is 1. The first-order valence-corrected chi connectivity index (χ1v) is 8.58. The van der Waals surface area contributed by atoms with Gasteiger partial charge in [0.15, 0.2) is 0 Å². The Morgan fingerprint density at radius 1 is 1.29 bits per heavy atom. The average molecular weight is 309 g/mol. The molecule has 0 aromatic heterocycles. The minimum Gasteiger partial charge on any atom is -0.371 e. The molecule has 21 heavy (non-hydrogen) atoms. The van der Waals surface area contributed by atoms with Crippen molar-refractivity contribution in [1.29, 1.82) is 0 Å². The fourth-order valence-electron chi connectivity index (χ4n) is 3.16. The van der Waals surface area contributed by atoms with E-state index >= 15 is 0 Å².